The van der Waals surface area contributed by atoms with Gasteiger partial charge in [0.25, 0.3) is 0 Å². The van der Waals surface area contributed by atoms with Crippen LogP contribution >= 0.6 is 11.8 Å². The van der Waals surface area contributed by atoms with Crippen LogP contribution in [0.25, 0.3) is 11.0 Å². The summed E-state index contributed by atoms with van der Waals surface area (Å²) in [7, 11) is 2.19. The number of fused-ring (bicyclic) bond motifs is 1. The lowest BCUT2D eigenvalue weighted by Crippen LogP contribution is -2.22. The first-order valence-electron chi connectivity index (χ1n) is 7.68. The van der Waals surface area contributed by atoms with E-state index in [1.807, 2.05) is 17.8 Å². The predicted molar refractivity (Wildman–Crippen MR) is 90.8 cm³/mol. The lowest BCUT2D eigenvalue weighted by molar-refractivity contribution is 0.344. The van der Waals surface area contributed by atoms with Gasteiger partial charge in [0.2, 0.25) is 0 Å². The summed E-state index contributed by atoms with van der Waals surface area (Å²) in [5.41, 5.74) is 2.36. The molecule has 0 amide bonds. The van der Waals surface area contributed by atoms with E-state index < -0.39 is 0 Å². The molecule has 2 aromatic rings. The molecule has 1 saturated carbocycles. The maximum atomic E-state index is 6.09. The van der Waals surface area contributed by atoms with Crippen molar-refractivity contribution in [3.05, 3.63) is 35.6 Å². The Morgan fingerprint density at radius 2 is 2.14 bits per heavy atom. The molecule has 1 fully saturated rings. The molecule has 0 aliphatic heterocycles. The third-order valence-electron chi connectivity index (χ3n) is 4.02. The standard InChI is InChI=1S/C17H24N2OS/c1-19(9-10-21-2)12-15-14-5-3-4-6-16(14)20-17(15)11-18-13-7-8-13/h3-6,13,18H,7-12H2,1-2H3. The Hall–Kier alpha value is -0.970. The van der Waals surface area contributed by atoms with Crippen LogP contribution in [0.4, 0.5) is 0 Å². The number of nitrogens with one attached hydrogen (secondary N) is 1. The second-order valence-electron chi connectivity index (χ2n) is 5.89. The second-order valence-corrected chi connectivity index (χ2v) is 6.87. The number of benzene rings is 1. The van der Waals surface area contributed by atoms with Gasteiger partial charge in [0, 0.05) is 35.8 Å². The van der Waals surface area contributed by atoms with Crippen molar-refractivity contribution in [2.24, 2.45) is 0 Å². The van der Waals surface area contributed by atoms with Gasteiger partial charge >= 0.3 is 0 Å². The molecule has 114 valence electrons. The highest BCUT2D eigenvalue weighted by Gasteiger charge is 2.22. The average molecular weight is 304 g/mol. The topological polar surface area (TPSA) is 28.4 Å². The molecule has 0 bridgehead atoms. The number of hydrogen-bond donors (Lipinski definition) is 1. The molecule has 0 radical (unpaired) electrons. The summed E-state index contributed by atoms with van der Waals surface area (Å²) in [5, 5.41) is 4.84. The first-order chi connectivity index (χ1) is 10.3. The van der Waals surface area contributed by atoms with Crippen molar-refractivity contribution in [2.75, 3.05) is 25.6 Å². The monoisotopic (exact) mass is 304 g/mol. The molecule has 0 unspecified atom stereocenters. The van der Waals surface area contributed by atoms with Crippen molar-refractivity contribution in [3.8, 4) is 0 Å². The molecular formula is C17H24N2OS. The zero-order chi connectivity index (χ0) is 14.7. The van der Waals surface area contributed by atoms with Crippen molar-refractivity contribution in [1.29, 1.82) is 0 Å². The van der Waals surface area contributed by atoms with Crippen LogP contribution in [0.2, 0.25) is 0 Å². The molecule has 0 saturated heterocycles. The van der Waals surface area contributed by atoms with Crippen LogP contribution in [-0.4, -0.2) is 36.5 Å². The van der Waals surface area contributed by atoms with Gasteiger partial charge in [-0.25, -0.2) is 0 Å². The van der Waals surface area contributed by atoms with Crippen LogP contribution in [0, 0.1) is 0 Å². The lowest BCUT2D eigenvalue weighted by atomic mass is 10.1. The Labute approximate surface area is 131 Å². The van der Waals surface area contributed by atoms with Crippen molar-refractivity contribution in [1.82, 2.24) is 10.2 Å². The van der Waals surface area contributed by atoms with E-state index >= 15 is 0 Å². The van der Waals surface area contributed by atoms with E-state index in [0.717, 1.165) is 31.0 Å². The average Bonchev–Trinajstić information content (AvgIpc) is 3.26. The highest BCUT2D eigenvalue weighted by atomic mass is 32.2. The minimum atomic E-state index is 0.709. The van der Waals surface area contributed by atoms with Crippen LogP contribution in [0.5, 0.6) is 0 Å². The summed E-state index contributed by atoms with van der Waals surface area (Å²) in [6, 6.07) is 9.10. The van der Waals surface area contributed by atoms with Gasteiger partial charge in [-0.15, -0.1) is 0 Å². The molecule has 1 aromatic heterocycles. The molecule has 3 nitrogen and oxygen atoms in total. The van der Waals surface area contributed by atoms with Crippen LogP contribution in [0.1, 0.15) is 24.2 Å². The fourth-order valence-corrected chi connectivity index (χ4v) is 3.08. The van der Waals surface area contributed by atoms with Crippen LogP contribution in [0.3, 0.4) is 0 Å². The highest BCUT2D eigenvalue weighted by molar-refractivity contribution is 7.98. The molecule has 4 heteroatoms. The molecular weight excluding hydrogens is 280 g/mol. The summed E-state index contributed by atoms with van der Waals surface area (Å²) >= 11 is 1.90. The molecule has 0 spiro atoms. The largest absolute Gasteiger partial charge is 0.459 e. The fraction of sp³-hybridized carbons (Fsp3) is 0.529. The van der Waals surface area contributed by atoms with E-state index in [2.05, 4.69) is 41.7 Å². The van der Waals surface area contributed by atoms with E-state index in [0.29, 0.717) is 6.04 Å². The normalized spacial score (nSPS) is 15.2. The SMILES string of the molecule is CSCCN(C)Cc1c(CNC2CC2)oc2ccccc12. The Morgan fingerprint density at radius 3 is 2.90 bits per heavy atom. The Morgan fingerprint density at radius 1 is 1.33 bits per heavy atom. The Kier molecular flexibility index (Phi) is 4.88. The first kappa shape index (κ1) is 14.9. The smallest absolute Gasteiger partial charge is 0.134 e. The van der Waals surface area contributed by atoms with Gasteiger partial charge in [0.05, 0.1) is 6.54 Å². The molecule has 0 atom stereocenters. The summed E-state index contributed by atoms with van der Waals surface area (Å²) in [4.78, 5) is 2.38. The number of rotatable bonds is 8. The zero-order valence-corrected chi connectivity index (χ0v) is 13.7. The van der Waals surface area contributed by atoms with Gasteiger partial charge in [0.1, 0.15) is 11.3 Å². The van der Waals surface area contributed by atoms with E-state index in [9.17, 15) is 0 Å². The number of furan rings is 1. The van der Waals surface area contributed by atoms with Crippen molar-refractivity contribution >= 4 is 22.7 Å². The van der Waals surface area contributed by atoms with E-state index in [1.54, 1.807) is 0 Å². The molecule has 1 heterocycles. The van der Waals surface area contributed by atoms with Crippen molar-refractivity contribution in [2.45, 2.75) is 32.0 Å². The summed E-state index contributed by atoms with van der Waals surface area (Å²) in [6.07, 6.45) is 4.78. The molecule has 3 rings (SSSR count). The molecule has 1 N–H and O–H groups in total. The Bertz CT molecular complexity index is 591. The van der Waals surface area contributed by atoms with Gasteiger partial charge in [-0.1, -0.05) is 18.2 Å². The van der Waals surface area contributed by atoms with Crippen LogP contribution in [-0.2, 0) is 13.1 Å². The van der Waals surface area contributed by atoms with E-state index in [4.69, 9.17) is 4.42 Å². The third kappa shape index (κ3) is 3.82. The quantitative estimate of drug-likeness (QED) is 0.808. The molecule has 1 aliphatic carbocycles. The summed E-state index contributed by atoms with van der Waals surface area (Å²) in [6.45, 7) is 2.92. The Balaban J connectivity index is 1.79. The van der Waals surface area contributed by atoms with Gasteiger partial charge in [0.15, 0.2) is 0 Å². The third-order valence-corrected chi connectivity index (χ3v) is 4.61. The number of nitrogens with zero attached hydrogens (tertiary/aromatic N) is 1. The minimum Gasteiger partial charge on any atom is -0.459 e. The van der Waals surface area contributed by atoms with Gasteiger partial charge in [-0.2, -0.15) is 11.8 Å². The van der Waals surface area contributed by atoms with Crippen LogP contribution < -0.4 is 5.32 Å². The maximum absolute atomic E-state index is 6.09. The number of para-hydroxylation sites is 1. The predicted octanol–water partition coefficient (Wildman–Crippen LogP) is 3.48. The maximum Gasteiger partial charge on any atom is 0.134 e. The van der Waals surface area contributed by atoms with Crippen molar-refractivity contribution < 1.29 is 4.42 Å². The van der Waals surface area contributed by atoms with Gasteiger partial charge in [-0.05, 0) is 32.2 Å². The molecule has 1 aromatic carbocycles. The first-order valence-corrected chi connectivity index (χ1v) is 9.07. The number of hydrogen-bond acceptors (Lipinski definition) is 4. The summed E-state index contributed by atoms with van der Waals surface area (Å²) in [5.74, 6) is 2.28. The lowest BCUT2D eigenvalue weighted by Gasteiger charge is -2.16. The molecule has 21 heavy (non-hydrogen) atoms. The van der Waals surface area contributed by atoms with Gasteiger partial charge < -0.3 is 14.6 Å². The van der Waals surface area contributed by atoms with E-state index in [-0.39, 0.29) is 0 Å². The van der Waals surface area contributed by atoms with Gasteiger partial charge in [-0.3, -0.25) is 0 Å². The zero-order valence-electron chi connectivity index (χ0n) is 12.9. The summed E-state index contributed by atoms with van der Waals surface area (Å²) < 4.78 is 6.09. The number of thioether (sulfide) groups is 1. The minimum absolute atomic E-state index is 0.709. The van der Waals surface area contributed by atoms with Crippen LogP contribution in [0.15, 0.2) is 28.7 Å². The van der Waals surface area contributed by atoms with E-state index in [1.165, 1.54) is 29.5 Å². The highest BCUT2D eigenvalue weighted by Crippen LogP contribution is 2.28. The molecule has 1 aliphatic rings. The fourth-order valence-electron chi connectivity index (χ4n) is 2.59. The second kappa shape index (κ2) is 6.86. The van der Waals surface area contributed by atoms with Crippen molar-refractivity contribution in [3.63, 3.8) is 0 Å².